The van der Waals surface area contributed by atoms with E-state index in [9.17, 15) is 19.2 Å². The Bertz CT molecular complexity index is 1610. The molecular weight excluding hydrogens is 671 g/mol. The first-order valence-corrected chi connectivity index (χ1v) is 17.9. The van der Waals surface area contributed by atoms with Crippen LogP contribution in [0.1, 0.15) is 35.1 Å². The van der Waals surface area contributed by atoms with Crippen LogP contribution in [0.4, 0.5) is 0 Å². The molecule has 0 atom stereocenters. The van der Waals surface area contributed by atoms with E-state index >= 15 is 0 Å². The van der Waals surface area contributed by atoms with E-state index in [1.807, 2.05) is 79.4 Å². The lowest BCUT2D eigenvalue weighted by Gasteiger charge is -2.35. The smallest absolute Gasteiger partial charge is 0.266 e. The molecular formula is C34H37N5O4S4. The minimum absolute atomic E-state index is 0.000998. The summed E-state index contributed by atoms with van der Waals surface area (Å²) < 4.78 is 0.934. The molecule has 5 rings (SSSR count). The van der Waals surface area contributed by atoms with E-state index < -0.39 is 0 Å². The molecule has 4 amide bonds. The van der Waals surface area contributed by atoms with Crippen LogP contribution in [0.3, 0.4) is 0 Å². The maximum Gasteiger partial charge on any atom is 0.266 e. The third-order valence-electron chi connectivity index (χ3n) is 8.08. The maximum atomic E-state index is 12.9. The fraction of sp³-hybridized carbons (Fsp3) is 0.353. The number of thiocarbonyl (C=S) groups is 2. The highest BCUT2D eigenvalue weighted by atomic mass is 32.2. The number of nitrogens with one attached hydrogen (secondary N) is 1. The van der Waals surface area contributed by atoms with Crippen molar-refractivity contribution in [2.24, 2.45) is 0 Å². The van der Waals surface area contributed by atoms with E-state index in [2.05, 4.69) is 10.2 Å². The number of thioether (sulfide) groups is 2. The molecule has 246 valence electrons. The fourth-order valence-electron chi connectivity index (χ4n) is 5.26. The van der Waals surface area contributed by atoms with Crippen LogP contribution in [0.2, 0.25) is 0 Å². The van der Waals surface area contributed by atoms with Gasteiger partial charge in [-0.05, 0) is 37.1 Å². The summed E-state index contributed by atoms with van der Waals surface area (Å²) in [7, 11) is 0. The van der Waals surface area contributed by atoms with Gasteiger partial charge in [0.2, 0.25) is 11.8 Å². The summed E-state index contributed by atoms with van der Waals surface area (Å²) >= 11 is 13.4. The highest BCUT2D eigenvalue weighted by Gasteiger charge is 2.33. The molecule has 13 heteroatoms. The van der Waals surface area contributed by atoms with Crippen molar-refractivity contribution in [3.05, 3.63) is 80.6 Å². The zero-order valence-corrected chi connectivity index (χ0v) is 29.7. The topological polar surface area (TPSA) is 93.3 Å². The number of aryl methyl sites for hydroxylation is 2. The predicted molar refractivity (Wildman–Crippen MR) is 197 cm³/mol. The third kappa shape index (κ3) is 9.38. The van der Waals surface area contributed by atoms with Crippen LogP contribution in [0.5, 0.6) is 0 Å². The van der Waals surface area contributed by atoms with Gasteiger partial charge in [0.1, 0.15) is 8.64 Å². The van der Waals surface area contributed by atoms with Gasteiger partial charge < -0.3 is 10.2 Å². The first kappa shape index (κ1) is 35.0. The molecule has 2 aromatic rings. The minimum atomic E-state index is -0.172. The molecule has 0 unspecified atom stereocenters. The Balaban J connectivity index is 0.975. The van der Waals surface area contributed by atoms with Gasteiger partial charge in [-0.1, -0.05) is 108 Å². The Kier molecular flexibility index (Phi) is 12.0. The van der Waals surface area contributed by atoms with Crippen molar-refractivity contribution in [1.29, 1.82) is 0 Å². The molecule has 1 N–H and O–H groups in total. The predicted octanol–water partition coefficient (Wildman–Crippen LogP) is 4.45. The standard InChI is InChI=1S/C34H37N5O4S4/c1-23-3-7-25(8-4-23)21-27-31(42)38(33(44)46-27)14-11-29(40)35-13-16-36-17-19-37(20-18-36)30(41)12-15-39-32(43)28(47-34(39)45)22-26-9-5-24(2)6-10-26/h3-10,21-22H,11-20H2,1-2H3,(H,35,40)/b27-21+,28-22-. The second kappa shape index (κ2) is 16.2. The average molecular weight is 708 g/mol. The lowest BCUT2D eigenvalue weighted by atomic mass is 10.1. The molecule has 3 aliphatic rings. The second-order valence-corrected chi connectivity index (χ2v) is 14.9. The molecule has 0 radical (unpaired) electrons. The van der Waals surface area contributed by atoms with Gasteiger partial charge >= 0.3 is 0 Å². The van der Waals surface area contributed by atoms with Crippen LogP contribution >= 0.6 is 48.0 Å². The Morgan fingerprint density at radius 2 is 1.19 bits per heavy atom. The number of hydrogen-bond donors (Lipinski definition) is 1. The number of carbonyl (C=O) groups is 4. The van der Waals surface area contributed by atoms with Gasteiger partial charge in [-0.2, -0.15) is 0 Å². The van der Waals surface area contributed by atoms with E-state index in [0.29, 0.717) is 57.7 Å². The zero-order chi connectivity index (χ0) is 33.5. The molecule has 3 fully saturated rings. The van der Waals surface area contributed by atoms with Gasteiger partial charge in [-0.15, -0.1) is 0 Å². The Hall–Kier alpha value is -3.36. The summed E-state index contributed by atoms with van der Waals surface area (Å²) in [4.78, 5) is 59.5. The van der Waals surface area contributed by atoms with Crippen LogP contribution < -0.4 is 5.32 Å². The second-order valence-electron chi connectivity index (χ2n) is 11.6. The Labute approximate surface area is 294 Å². The molecule has 0 aromatic heterocycles. The number of benzene rings is 2. The van der Waals surface area contributed by atoms with Gasteiger partial charge in [0.25, 0.3) is 11.8 Å². The van der Waals surface area contributed by atoms with Crippen molar-refractivity contribution in [1.82, 2.24) is 24.9 Å². The molecule has 0 bridgehead atoms. The molecule has 3 heterocycles. The largest absolute Gasteiger partial charge is 0.355 e. The first-order chi connectivity index (χ1) is 22.6. The van der Waals surface area contributed by atoms with Crippen molar-refractivity contribution >= 4 is 92.4 Å². The van der Waals surface area contributed by atoms with E-state index in [1.165, 1.54) is 33.3 Å². The van der Waals surface area contributed by atoms with E-state index in [4.69, 9.17) is 24.4 Å². The highest BCUT2D eigenvalue weighted by Crippen LogP contribution is 2.33. The van der Waals surface area contributed by atoms with E-state index in [1.54, 1.807) is 0 Å². The monoisotopic (exact) mass is 707 g/mol. The van der Waals surface area contributed by atoms with E-state index in [-0.39, 0.29) is 49.6 Å². The number of hydrogen-bond acceptors (Lipinski definition) is 9. The maximum absolute atomic E-state index is 12.9. The SMILES string of the molecule is Cc1ccc(/C=C2\SC(=S)N(CCC(=O)N3CCN(CCNC(=O)CCN4C(=O)/C(=C\c5ccc(C)cc5)SC4=S)CC3)C2=O)cc1. The number of nitrogens with zero attached hydrogens (tertiary/aromatic N) is 4. The van der Waals surface area contributed by atoms with Crippen LogP contribution in [0, 0.1) is 13.8 Å². The molecule has 47 heavy (non-hydrogen) atoms. The van der Waals surface area contributed by atoms with Gasteiger partial charge in [-0.3, -0.25) is 33.9 Å². The average Bonchev–Trinajstić information content (AvgIpc) is 3.48. The molecule has 9 nitrogen and oxygen atoms in total. The summed E-state index contributed by atoms with van der Waals surface area (Å²) in [6.07, 6.45) is 4.05. The lowest BCUT2D eigenvalue weighted by molar-refractivity contribution is -0.133. The van der Waals surface area contributed by atoms with Crippen molar-refractivity contribution in [3.8, 4) is 0 Å². The third-order valence-corrected chi connectivity index (χ3v) is 10.8. The Morgan fingerprint density at radius 1 is 0.723 bits per heavy atom. The zero-order valence-electron chi connectivity index (χ0n) is 26.4. The molecule has 3 aliphatic heterocycles. The quantitative estimate of drug-likeness (QED) is 0.269. The highest BCUT2D eigenvalue weighted by molar-refractivity contribution is 8.27. The van der Waals surface area contributed by atoms with Gasteiger partial charge in [0, 0.05) is 65.2 Å². The lowest BCUT2D eigenvalue weighted by Crippen LogP contribution is -2.50. The first-order valence-electron chi connectivity index (χ1n) is 15.5. The summed E-state index contributed by atoms with van der Waals surface area (Å²) in [6.45, 7) is 8.24. The normalized spacial score (nSPS) is 19.1. The molecule has 0 saturated carbocycles. The minimum Gasteiger partial charge on any atom is -0.355 e. The number of carbonyl (C=O) groups excluding carboxylic acids is 4. The number of amides is 4. The van der Waals surface area contributed by atoms with E-state index in [0.717, 1.165) is 22.3 Å². The van der Waals surface area contributed by atoms with Crippen LogP contribution in [-0.4, -0.2) is 104 Å². The molecule has 0 spiro atoms. The van der Waals surface area contributed by atoms with Gasteiger partial charge in [0.05, 0.1) is 9.81 Å². The van der Waals surface area contributed by atoms with Crippen molar-refractivity contribution in [3.63, 3.8) is 0 Å². The summed E-state index contributed by atoms with van der Waals surface area (Å²) in [5.74, 6) is -0.471. The summed E-state index contributed by atoms with van der Waals surface area (Å²) in [5.41, 5.74) is 4.17. The fourth-order valence-corrected chi connectivity index (χ4v) is 7.87. The van der Waals surface area contributed by atoms with Crippen molar-refractivity contribution < 1.29 is 19.2 Å². The number of piperazine rings is 1. The number of rotatable bonds is 11. The van der Waals surface area contributed by atoms with Crippen molar-refractivity contribution in [2.45, 2.75) is 26.7 Å². The van der Waals surface area contributed by atoms with Crippen LogP contribution in [-0.2, 0) is 19.2 Å². The molecule has 2 aromatic carbocycles. The van der Waals surface area contributed by atoms with Gasteiger partial charge in [-0.25, -0.2) is 0 Å². The van der Waals surface area contributed by atoms with Crippen LogP contribution in [0.15, 0.2) is 58.3 Å². The Morgan fingerprint density at radius 3 is 1.68 bits per heavy atom. The van der Waals surface area contributed by atoms with Gasteiger partial charge in [0.15, 0.2) is 0 Å². The molecule has 0 aliphatic carbocycles. The summed E-state index contributed by atoms with van der Waals surface area (Å²) in [5, 5.41) is 2.93. The molecule has 3 saturated heterocycles. The summed E-state index contributed by atoms with van der Waals surface area (Å²) in [6, 6.07) is 15.8. The van der Waals surface area contributed by atoms with Crippen LogP contribution in [0.25, 0.3) is 12.2 Å². The van der Waals surface area contributed by atoms with Crippen molar-refractivity contribution in [2.75, 3.05) is 52.4 Å².